The third-order valence-electron chi connectivity index (χ3n) is 6.63. The van der Waals surface area contributed by atoms with Crippen LogP contribution in [0.3, 0.4) is 0 Å². The van der Waals surface area contributed by atoms with Gasteiger partial charge >= 0.3 is 6.18 Å². The van der Waals surface area contributed by atoms with Crippen LogP contribution in [0.5, 0.6) is 0 Å². The number of halogens is 3. The van der Waals surface area contributed by atoms with Crippen molar-refractivity contribution in [3.63, 3.8) is 0 Å². The highest BCUT2D eigenvalue weighted by Gasteiger charge is 2.58. The number of nitrogens with zero attached hydrogens (tertiary/aromatic N) is 3. The molecule has 2 heterocycles. The van der Waals surface area contributed by atoms with Gasteiger partial charge < -0.3 is 16.0 Å². The molecule has 1 amide bonds. The first-order valence-corrected chi connectivity index (χ1v) is 9.89. The third-order valence-corrected chi connectivity index (χ3v) is 6.63. The molecule has 1 aromatic heterocycles. The number of alkyl halides is 3. The molecule has 3 N–H and O–H groups in total. The molecule has 2 aliphatic carbocycles. The van der Waals surface area contributed by atoms with Gasteiger partial charge in [0.2, 0.25) is 5.91 Å². The third kappa shape index (κ3) is 3.11. The Morgan fingerprint density at radius 1 is 1.17 bits per heavy atom. The summed E-state index contributed by atoms with van der Waals surface area (Å²) in [6, 6.07) is 2.82. The fraction of sp³-hybridized carbons (Fsp3) is 0.550. The lowest BCUT2D eigenvalue weighted by Gasteiger charge is -2.34. The van der Waals surface area contributed by atoms with Crippen LogP contribution < -0.4 is 16.0 Å². The summed E-state index contributed by atoms with van der Waals surface area (Å²) in [6.07, 6.45) is 1.68. The predicted octanol–water partition coefficient (Wildman–Crippen LogP) is 2.47. The molecule has 2 saturated carbocycles. The quantitative estimate of drug-likeness (QED) is 0.820. The molecule has 1 aromatic carbocycles. The maximum Gasteiger partial charge on any atom is 0.418 e. The van der Waals surface area contributed by atoms with Crippen molar-refractivity contribution in [1.82, 2.24) is 15.3 Å². The minimum Gasteiger partial charge on any atom is -0.368 e. The standard InChI is InChI=1S/C20H22F3N5O/c21-20(22,23)13-1-2-15(17-16(13)25-5-6-26-17)28-9-14(19(10-28)3-4-19)18(29)27-12-7-11(24)8-12/h1-2,5-6,11-12,14H,3-4,7-10,24H2,(H,27,29). The monoisotopic (exact) mass is 405 g/mol. The summed E-state index contributed by atoms with van der Waals surface area (Å²) < 4.78 is 40.1. The Labute approximate surface area is 165 Å². The van der Waals surface area contributed by atoms with Crippen LogP contribution >= 0.6 is 0 Å². The number of hydrogen-bond donors (Lipinski definition) is 2. The smallest absolute Gasteiger partial charge is 0.368 e. The summed E-state index contributed by atoms with van der Waals surface area (Å²) in [6.45, 7) is 1.12. The number of carbonyl (C=O) groups is 1. The lowest BCUT2D eigenvalue weighted by Crippen LogP contribution is -2.52. The summed E-state index contributed by atoms with van der Waals surface area (Å²) in [5.74, 6) is -0.141. The van der Waals surface area contributed by atoms with Crippen LogP contribution in [0.15, 0.2) is 24.5 Å². The number of carbonyl (C=O) groups excluding carboxylic acids is 1. The van der Waals surface area contributed by atoms with Gasteiger partial charge in [0.25, 0.3) is 0 Å². The van der Waals surface area contributed by atoms with Gasteiger partial charge in [-0.05, 0) is 37.8 Å². The number of aromatic nitrogens is 2. The molecule has 1 saturated heterocycles. The SMILES string of the molecule is NC1CC(NC(=O)C2CN(c3ccc(C(F)(F)F)c4nccnc34)CC23CC3)C1. The minimum atomic E-state index is -4.50. The predicted molar refractivity (Wildman–Crippen MR) is 101 cm³/mol. The van der Waals surface area contributed by atoms with Gasteiger partial charge in [0.05, 0.1) is 17.2 Å². The van der Waals surface area contributed by atoms with Gasteiger partial charge in [-0.3, -0.25) is 14.8 Å². The Kier molecular flexibility index (Phi) is 4.03. The van der Waals surface area contributed by atoms with Gasteiger partial charge in [-0.25, -0.2) is 0 Å². The van der Waals surface area contributed by atoms with Crippen molar-refractivity contribution in [3.05, 3.63) is 30.1 Å². The molecule has 2 aromatic rings. The highest BCUT2D eigenvalue weighted by Crippen LogP contribution is 2.57. The van der Waals surface area contributed by atoms with Crippen LogP contribution in [-0.4, -0.2) is 41.0 Å². The molecule has 29 heavy (non-hydrogen) atoms. The average molecular weight is 405 g/mol. The Morgan fingerprint density at radius 3 is 2.48 bits per heavy atom. The van der Waals surface area contributed by atoms with Crippen molar-refractivity contribution >= 4 is 22.6 Å². The van der Waals surface area contributed by atoms with Crippen LogP contribution in [0.4, 0.5) is 18.9 Å². The summed E-state index contributed by atoms with van der Waals surface area (Å²) in [7, 11) is 0. The second-order valence-electron chi connectivity index (χ2n) is 8.62. The molecular weight excluding hydrogens is 383 g/mol. The number of fused-ring (bicyclic) bond motifs is 1. The van der Waals surface area contributed by atoms with Crippen LogP contribution in [-0.2, 0) is 11.0 Å². The van der Waals surface area contributed by atoms with Gasteiger partial charge in [-0.1, -0.05) is 0 Å². The average Bonchev–Trinajstić information content (AvgIpc) is 3.31. The van der Waals surface area contributed by atoms with Crippen molar-refractivity contribution < 1.29 is 18.0 Å². The van der Waals surface area contributed by atoms with Gasteiger partial charge in [0.15, 0.2) is 0 Å². The molecule has 1 spiro atoms. The van der Waals surface area contributed by atoms with E-state index in [9.17, 15) is 18.0 Å². The van der Waals surface area contributed by atoms with Crippen molar-refractivity contribution in [2.45, 2.75) is 43.9 Å². The Morgan fingerprint density at radius 2 is 1.86 bits per heavy atom. The number of nitrogens with one attached hydrogen (secondary N) is 1. The largest absolute Gasteiger partial charge is 0.418 e. The molecule has 1 aliphatic heterocycles. The van der Waals surface area contributed by atoms with Crippen molar-refractivity contribution in [3.8, 4) is 0 Å². The maximum absolute atomic E-state index is 13.4. The van der Waals surface area contributed by atoms with E-state index < -0.39 is 11.7 Å². The number of hydrogen-bond acceptors (Lipinski definition) is 5. The van der Waals surface area contributed by atoms with Gasteiger partial charge in [0, 0.05) is 43.0 Å². The van der Waals surface area contributed by atoms with Crippen LogP contribution in [0.1, 0.15) is 31.2 Å². The van der Waals surface area contributed by atoms with Gasteiger partial charge in [0.1, 0.15) is 11.0 Å². The first-order chi connectivity index (χ1) is 13.8. The van der Waals surface area contributed by atoms with Crippen LogP contribution in [0.2, 0.25) is 0 Å². The zero-order valence-corrected chi connectivity index (χ0v) is 15.7. The van der Waals surface area contributed by atoms with Gasteiger partial charge in [-0.2, -0.15) is 13.2 Å². The maximum atomic E-state index is 13.4. The van der Waals surface area contributed by atoms with Crippen molar-refractivity contribution in [1.29, 1.82) is 0 Å². The minimum absolute atomic E-state index is 0.0317. The number of benzene rings is 1. The zero-order chi connectivity index (χ0) is 20.4. The lowest BCUT2D eigenvalue weighted by atomic mass is 9.86. The molecule has 0 bridgehead atoms. The van der Waals surface area contributed by atoms with Crippen molar-refractivity contribution in [2.24, 2.45) is 17.1 Å². The molecule has 0 radical (unpaired) electrons. The van der Waals surface area contributed by atoms with Crippen molar-refractivity contribution in [2.75, 3.05) is 18.0 Å². The van der Waals surface area contributed by atoms with E-state index in [4.69, 9.17) is 5.73 Å². The van der Waals surface area contributed by atoms with Gasteiger partial charge in [-0.15, -0.1) is 0 Å². The summed E-state index contributed by atoms with van der Waals surface area (Å²) in [4.78, 5) is 23.0. The van der Waals surface area contributed by atoms with Crippen LogP contribution in [0.25, 0.3) is 11.0 Å². The van der Waals surface area contributed by atoms with E-state index >= 15 is 0 Å². The van der Waals surface area contributed by atoms with E-state index in [-0.39, 0.29) is 40.4 Å². The molecule has 5 rings (SSSR count). The summed E-state index contributed by atoms with van der Waals surface area (Å²) in [5.41, 5.74) is 5.60. The second-order valence-corrected chi connectivity index (χ2v) is 8.62. The fourth-order valence-corrected chi connectivity index (χ4v) is 4.79. The number of nitrogens with two attached hydrogens (primary N) is 1. The molecule has 154 valence electrons. The number of anilines is 1. The Hall–Kier alpha value is -2.42. The number of amides is 1. The highest BCUT2D eigenvalue weighted by atomic mass is 19.4. The Bertz CT molecular complexity index is 968. The molecule has 1 unspecified atom stereocenters. The molecule has 1 atom stereocenters. The summed E-state index contributed by atoms with van der Waals surface area (Å²) in [5, 5.41) is 3.10. The Balaban J connectivity index is 1.44. The molecule has 6 nitrogen and oxygen atoms in total. The topological polar surface area (TPSA) is 84.1 Å². The van der Waals surface area contributed by atoms with E-state index in [1.807, 2.05) is 4.90 Å². The van der Waals surface area contributed by atoms with E-state index in [2.05, 4.69) is 15.3 Å². The second kappa shape index (κ2) is 6.29. The van der Waals surface area contributed by atoms with E-state index in [1.54, 1.807) is 0 Å². The first-order valence-electron chi connectivity index (χ1n) is 9.89. The number of rotatable bonds is 3. The summed E-state index contributed by atoms with van der Waals surface area (Å²) >= 11 is 0. The fourth-order valence-electron chi connectivity index (χ4n) is 4.79. The normalized spacial score (nSPS) is 27.9. The van der Waals surface area contributed by atoms with E-state index in [1.165, 1.54) is 18.5 Å². The lowest BCUT2D eigenvalue weighted by molar-refractivity contribution is -0.136. The molecule has 9 heteroatoms. The first kappa shape index (κ1) is 18.6. The van der Waals surface area contributed by atoms with E-state index in [0.717, 1.165) is 31.7 Å². The molecule has 3 aliphatic rings. The van der Waals surface area contributed by atoms with Crippen LogP contribution in [0, 0.1) is 11.3 Å². The molecular formula is C20H22F3N5O. The van der Waals surface area contributed by atoms with E-state index in [0.29, 0.717) is 18.8 Å². The molecule has 3 fully saturated rings. The highest BCUT2D eigenvalue weighted by molar-refractivity contribution is 5.92. The zero-order valence-electron chi connectivity index (χ0n) is 15.7.